The van der Waals surface area contributed by atoms with Crippen LogP contribution in [0.5, 0.6) is 0 Å². The van der Waals surface area contributed by atoms with Crippen molar-refractivity contribution in [2.24, 2.45) is 11.1 Å². The van der Waals surface area contributed by atoms with Gasteiger partial charge in [-0.2, -0.15) is 10.1 Å². The number of piperidine rings is 1. The van der Waals surface area contributed by atoms with Gasteiger partial charge in [0.25, 0.3) is 5.91 Å². The zero-order chi connectivity index (χ0) is 23.4. The highest BCUT2D eigenvalue weighted by atomic mass is 19.1. The molecule has 2 aromatic heterocycles. The molecular weight excluding hydrogens is 437 g/mol. The van der Waals surface area contributed by atoms with Crippen molar-refractivity contribution in [2.45, 2.75) is 38.3 Å². The van der Waals surface area contributed by atoms with Gasteiger partial charge in [0.2, 0.25) is 5.95 Å². The van der Waals surface area contributed by atoms with Crippen molar-refractivity contribution in [3.8, 4) is 0 Å². The average molecular weight is 464 g/mol. The molecule has 3 aromatic rings. The maximum Gasteiger partial charge on any atom is 0.283 e. The number of hydrogen-bond acceptors (Lipinski definition) is 8. The van der Waals surface area contributed by atoms with Gasteiger partial charge in [0.05, 0.1) is 6.20 Å². The molecule has 3 aliphatic rings. The number of rotatable bonds is 2. The van der Waals surface area contributed by atoms with Crippen LogP contribution in [0.2, 0.25) is 0 Å². The number of hydrogen-bond donors (Lipinski definition) is 2. The molecule has 176 valence electrons. The van der Waals surface area contributed by atoms with Crippen LogP contribution >= 0.6 is 0 Å². The van der Waals surface area contributed by atoms with E-state index in [4.69, 9.17) is 11.5 Å². The van der Waals surface area contributed by atoms with Gasteiger partial charge in [0.1, 0.15) is 11.6 Å². The summed E-state index contributed by atoms with van der Waals surface area (Å²) in [7, 11) is 0. The molecule has 0 unspecified atom stereocenters. The smallest absolute Gasteiger partial charge is 0.283 e. The van der Waals surface area contributed by atoms with Crippen molar-refractivity contribution in [3.63, 3.8) is 0 Å². The molecule has 1 aromatic carbocycles. The highest BCUT2D eigenvalue weighted by Crippen LogP contribution is 2.51. The van der Waals surface area contributed by atoms with Gasteiger partial charge in [0.15, 0.2) is 11.5 Å². The molecule has 1 spiro atoms. The molecule has 34 heavy (non-hydrogen) atoms. The Kier molecular flexibility index (Phi) is 4.76. The zero-order valence-corrected chi connectivity index (χ0v) is 18.7. The summed E-state index contributed by atoms with van der Waals surface area (Å²) in [6.07, 6.45) is 4.90. The van der Waals surface area contributed by atoms with E-state index in [1.54, 1.807) is 27.9 Å². The van der Waals surface area contributed by atoms with Crippen LogP contribution in [0.25, 0.3) is 0 Å². The number of nitrogens with two attached hydrogens (primary N) is 2. The third-order valence-electron chi connectivity index (χ3n) is 7.56. The lowest BCUT2D eigenvalue weighted by atomic mass is 9.73. The van der Waals surface area contributed by atoms with Gasteiger partial charge < -0.3 is 16.4 Å². The summed E-state index contributed by atoms with van der Waals surface area (Å²) < 4.78 is 15.5. The van der Waals surface area contributed by atoms with Gasteiger partial charge in [-0.15, -0.1) is 10.2 Å². The van der Waals surface area contributed by atoms with E-state index in [-0.39, 0.29) is 34.7 Å². The highest BCUT2D eigenvalue weighted by Gasteiger charge is 2.46. The van der Waals surface area contributed by atoms with Gasteiger partial charge >= 0.3 is 0 Å². The minimum Gasteiger partial charge on any atom is -0.382 e. The molecule has 1 fully saturated rings. The standard InChI is InChI=1S/C23H26FN9O/c24-15-2-3-16-14(12-15)13-23(19(16)25)5-10-31(11-6-23)22-28-20(26)18(29-30-22)21(34)32-8-1-9-33-17(32)4-7-27-33/h2-4,7,12,19H,1,5-6,8-11,13,25H2,(H2,26,28,30)/t19-/m1/s1. The second-order valence-electron chi connectivity index (χ2n) is 9.42. The number of anilines is 3. The van der Waals surface area contributed by atoms with Crippen LogP contribution in [-0.2, 0) is 13.0 Å². The van der Waals surface area contributed by atoms with Crippen molar-refractivity contribution in [2.75, 3.05) is 35.2 Å². The number of fused-ring (bicyclic) bond motifs is 2. The van der Waals surface area contributed by atoms with E-state index in [2.05, 4.69) is 20.3 Å². The van der Waals surface area contributed by atoms with E-state index in [0.29, 0.717) is 25.6 Å². The Balaban J connectivity index is 1.17. The molecule has 0 bridgehead atoms. The third kappa shape index (κ3) is 3.22. The molecule has 11 heteroatoms. The second kappa shape index (κ2) is 7.73. The summed E-state index contributed by atoms with van der Waals surface area (Å²) in [4.78, 5) is 21.2. The molecule has 6 rings (SSSR count). The van der Waals surface area contributed by atoms with E-state index in [9.17, 15) is 9.18 Å². The normalized spacial score (nSPS) is 20.9. The molecule has 1 atom stereocenters. The van der Waals surface area contributed by atoms with Crippen LogP contribution in [0.4, 0.5) is 22.0 Å². The van der Waals surface area contributed by atoms with E-state index >= 15 is 0 Å². The predicted molar refractivity (Wildman–Crippen MR) is 124 cm³/mol. The Morgan fingerprint density at radius 1 is 1.12 bits per heavy atom. The van der Waals surface area contributed by atoms with Crippen LogP contribution in [0.1, 0.15) is 46.9 Å². The number of halogens is 1. The first-order chi connectivity index (χ1) is 16.4. The summed E-state index contributed by atoms with van der Waals surface area (Å²) in [5, 5.41) is 12.6. The summed E-state index contributed by atoms with van der Waals surface area (Å²) in [5.41, 5.74) is 14.8. The molecule has 2 aliphatic heterocycles. The van der Waals surface area contributed by atoms with Crippen molar-refractivity contribution < 1.29 is 9.18 Å². The van der Waals surface area contributed by atoms with Crippen LogP contribution in [0, 0.1) is 11.2 Å². The molecule has 0 saturated carbocycles. The lowest BCUT2D eigenvalue weighted by Gasteiger charge is -2.42. The average Bonchev–Trinajstić information content (AvgIpc) is 3.42. The fraction of sp³-hybridized carbons (Fsp3) is 0.435. The van der Waals surface area contributed by atoms with Crippen molar-refractivity contribution in [1.82, 2.24) is 25.0 Å². The number of aryl methyl sites for hydroxylation is 1. The van der Waals surface area contributed by atoms with Crippen LogP contribution in [-0.4, -0.2) is 50.5 Å². The van der Waals surface area contributed by atoms with E-state index in [1.807, 2.05) is 11.0 Å². The SMILES string of the molecule is Nc1nc(N2CCC3(CC2)Cc2cc(F)ccc2[C@H]3N)nnc1C(=O)N1CCCn2nccc21. The minimum atomic E-state index is -0.329. The zero-order valence-electron chi connectivity index (χ0n) is 18.7. The fourth-order valence-corrected chi connectivity index (χ4v) is 5.66. The Labute approximate surface area is 195 Å². The molecule has 4 N–H and O–H groups in total. The fourth-order valence-electron chi connectivity index (χ4n) is 5.66. The van der Waals surface area contributed by atoms with Crippen LogP contribution in [0.3, 0.4) is 0 Å². The molecule has 1 aliphatic carbocycles. The van der Waals surface area contributed by atoms with Crippen molar-refractivity contribution in [1.29, 1.82) is 0 Å². The van der Waals surface area contributed by atoms with Gasteiger partial charge in [-0.05, 0) is 54.4 Å². The molecule has 1 saturated heterocycles. The Morgan fingerprint density at radius 2 is 1.94 bits per heavy atom. The number of carbonyl (C=O) groups is 1. The maximum atomic E-state index is 13.7. The summed E-state index contributed by atoms with van der Waals surface area (Å²) in [6.45, 7) is 2.70. The predicted octanol–water partition coefficient (Wildman–Crippen LogP) is 1.68. The Bertz CT molecular complexity index is 1270. The number of carbonyl (C=O) groups excluding carboxylic acids is 1. The van der Waals surface area contributed by atoms with Crippen LogP contribution in [0.15, 0.2) is 30.5 Å². The number of nitrogens with zero attached hydrogens (tertiary/aromatic N) is 7. The topological polar surface area (TPSA) is 132 Å². The molecule has 4 heterocycles. The van der Waals surface area contributed by atoms with Crippen molar-refractivity contribution in [3.05, 3.63) is 53.1 Å². The Morgan fingerprint density at radius 3 is 2.74 bits per heavy atom. The lowest BCUT2D eigenvalue weighted by Crippen LogP contribution is -2.45. The van der Waals surface area contributed by atoms with E-state index in [1.165, 1.54) is 6.07 Å². The highest BCUT2D eigenvalue weighted by molar-refractivity contribution is 6.07. The first kappa shape index (κ1) is 21.0. The van der Waals surface area contributed by atoms with Gasteiger partial charge in [-0.3, -0.25) is 9.69 Å². The van der Waals surface area contributed by atoms with Gasteiger partial charge in [-0.25, -0.2) is 9.07 Å². The quantitative estimate of drug-likeness (QED) is 0.587. The monoisotopic (exact) mass is 463 g/mol. The van der Waals surface area contributed by atoms with E-state index < -0.39 is 0 Å². The van der Waals surface area contributed by atoms with Crippen LogP contribution < -0.4 is 21.3 Å². The molecule has 0 radical (unpaired) electrons. The van der Waals surface area contributed by atoms with Gasteiger partial charge in [-0.1, -0.05) is 6.07 Å². The molecule has 1 amide bonds. The molecular formula is C23H26FN9O. The van der Waals surface area contributed by atoms with Gasteiger partial charge in [0, 0.05) is 38.3 Å². The summed E-state index contributed by atoms with van der Waals surface area (Å²) in [5.74, 6) is 0.635. The first-order valence-corrected chi connectivity index (χ1v) is 11.6. The van der Waals surface area contributed by atoms with E-state index in [0.717, 1.165) is 49.2 Å². The number of amides is 1. The summed E-state index contributed by atoms with van der Waals surface area (Å²) >= 11 is 0. The number of nitrogen functional groups attached to an aromatic ring is 1. The summed E-state index contributed by atoms with van der Waals surface area (Å²) in [6, 6.07) is 6.58. The largest absolute Gasteiger partial charge is 0.382 e. The number of aromatic nitrogens is 5. The molecule has 10 nitrogen and oxygen atoms in total. The maximum absolute atomic E-state index is 13.7. The Hall–Kier alpha value is -3.60. The number of benzene rings is 1. The van der Waals surface area contributed by atoms with Crippen molar-refractivity contribution >= 4 is 23.5 Å². The second-order valence-corrected chi connectivity index (χ2v) is 9.42. The first-order valence-electron chi connectivity index (χ1n) is 11.6. The third-order valence-corrected chi connectivity index (χ3v) is 7.56. The lowest BCUT2D eigenvalue weighted by molar-refractivity contribution is 0.0976. The minimum absolute atomic E-state index is 0.0437.